The summed E-state index contributed by atoms with van der Waals surface area (Å²) in [6.45, 7) is 2.26. The predicted octanol–water partition coefficient (Wildman–Crippen LogP) is 5.36. The van der Waals surface area contributed by atoms with Crippen LogP contribution >= 0.6 is 0 Å². The van der Waals surface area contributed by atoms with Crippen molar-refractivity contribution in [3.63, 3.8) is 0 Å². The number of likely N-dealkylation sites (tertiary alicyclic amines) is 1. The molecule has 176 valence electrons. The molecule has 1 unspecified atom stereocenters. The Balaban J connectivity index is 1.66. The average molecular weight is 467 g/mol. The van der Waals surface area contributed by atoms with Gasteiger partial charge in [0.2, 0.25) is 0 Å². The number of rotatable bonds is 6. The Bertz CT molecular complexity index is 1430. The molecule has 0 saturated carbocycles. The first-order valence-electron chi connectivity index (χ1n) is 11.6. The van der Waals surface area contributed by atoms with Crippen molar-refractivity contribution in [1.29, 1.82) is 0 Å². The van der Waals surface area contributed by atoms with Gasteiger partial charge in [-0.1, -0.05) is 61.5 Å². The van der Waals surface area contributed by atoms with E-state index in [2.05, 4.69) is 11.9 Å². The molecule has 4 aromatic rings. The summed E-state index contributed by atoms with van der Waals surface area (Å²) >= 11 is 0. The summed E-state index contributed by atoms with van der Waals surface area (Å²) in [5.74, 6) is -0.785. The second-order valence-electron chi connectivity index (χ2n) is 8.62. The third-order valence-electron chi connectivity index (χ3n) is 6.60. The summed E-state index contributed by atoms with van der Waals surface area (Å²) in [5.41, 5.74) is 4.23. The molecule has 2 heterocycles. The number of aliphatic hydroxyl groups is 1. The fourth-order valence-electron chi connectivity index (χ4n) is 4.67. The van der Waals surface area contributed by atoms with Crippen LogP contribution in [0, 0.1) is 0 Å². The average Bonchev–Trinajstić information content (AvgIpc) is 3.43. The molecule has 6 nitrogen and oxygen atoms in total. The lowest BCUT2D eigenvalue weighted by atomic mass is 9.94. The summed E-state index contributed by atoms with van der Waals surface area (Å²) in [6, 6.07) is 21.8. The topological polar surface area (TPSA) is 82.6 Å². The predicted molar refractivity (Wildman–Crippen MR) is 135 cm³/mol. The van der Waals surface area contributed by atoms with Gasteiger partial charge in [0.05, 0.1) is 18.7 Å². The minimum Gasteiger partial charge on any atom is -0.507 e. The number of methoxy groups -OCH3 is 1. The monoisotopic (exact) mass is 466 g/mol. The fourth-order valence-corrected chi connectivity index (χ4v) is 4.67. The fraction of sp³-hybridized carbons (Fsp3) is 0.172. The van der Waals surface area contributed by atoms with E-state index in [9.17, 15) is 14.7 Å². The molecule has 3 aromatic carbocycles. The number of ketones is 1. The molecule has 2 N–H and O–H groups in total. The standard InChI is InChI=1S/C29H26N2O4/c1-3-18-8-12-20(13-9-18)27(32)25-26(23-16-30-24-7-5-4-6-22(23)24)31(29(34)28(25)33)17-19-10-14-21(35-2)15-11-19/h4-16,26,30,32H,3,17H2,1-2H3/b27-25+. The molecule has 1 aliphatic heterocycles. The molecular weight excluding hydrogens is 440 g/mol. The van der Waals surface area contributed by atoms with Gasteiger partial charge in [-0.05, 0) is 35.7 Å². The second-order valence-corrected chi connectivity index (χ2v) is 8.62. The minimum absolute atomic E-state index is 0.0949. The van der Waals surface area contributed by atoms with Crippen molar-refractivity contribution in [2.75, 3.05) is 7.11 Å². The first kappa shape index (κ1) is 22.5. The number of amides is 1. The van der Waals surface area contributed by atoms with Crippen molar-refractivity contribution in [3.8, 4) is 5.75 Å². The van der Waals surface area contributed by atoms with Gasteiger partial charge in [-0.15, -0.1) is 0 Å². The highest BCUT2D eigenvalue weighted by atomic mass is 16.5. The number of aromatic amines is 1. The van der Waals surface area contributed by atoms with Gasteiger partial charge >= 0.3 is 0 Å². The van der Waals surface area contributed by atoms with Crippen LogP contribution in [0.1, 0.15) is 35.2 Å². The highest BCUT2D eigenvalue weighted by Gasteiger charge is 2.46. The molecule has 1 saturated heterocycles. The Hall–Kier alpha value is -4.32. The zero-order valence-electron chi connectivity index (χ0n) is 19.6. The van der Waals surface area contributed by atoms with E-state index in [4.69, 9.17) is 4.74 Å². The van der Waals surface area contributed by atoms with E-state index in [1.165, 1.54) is 4.90 Å². The quantitative estimate of drug-likeness (QED) is 0.228. The third kappa shape index (κ3) is 3.97. The molecule has 0 spiro atoms. The molecule has 1 aliphatic rings. The zero-order valence-corrected chi connectivity index (χ0v) is 19.6. The number of aromatic nitrogens is 1. The van der Waals surface area contributed by atoms with Crippen LogP contribution in [0.2, 0.25) is 0 Å². The van der Waals surface area contributed by atoms with E-state index < -0.39 is 17.7 Å². The number of nitrogens with zero attached hydrogens (tertiary/aromatic N) is 1. The number of Topliss-reactive ketones (excluding diaryl/α,β-unsaturated/α-hetero) is 1. The van der Waals surface area contributed by atoms with Gasteiger partial charge in [-0.25, -0.2) is 0 Å². The third-order valence-corrected chi connectivity index (χ3v) is 6.60. The van der Waals surface area contributed by atoms with Crippen molar-refractivity contribution in [3.05, 3.63) is 107 Å². The molecule has 0 aliphatic carbocycles. The molecule has 1 fully saturated rings. The van der Waals surface area contributed by atoms with Crippen LogP contribution in [0.5, 0.6) is 5.75 Å². The molecule has 6 heteroatoms. The van der Waals surface area contributed by atoms with Crippen molar-refractivity contribution >= 4 is 28.4 Å². The Morgan fingerprint density at radius 1 is 0.971 bits per heavy atom. The number of hydrogen-bond donors (Lipinski definition) is 2. The van der Waals surface area contributed by atoms with Crippen LogP contribution < -0.4 is 4.74 Å². The number of para-hydroxylation sites is 1. The highest BCUT2D eigenvalue weighted by Crippen LogP contribution is 2.42. The summed E-state index contributed by atoms with van der Waals surface area (Å²) in [5, 5.41) is 12.2. The first-order valence-corrected chi connectivity index (χ1v) is 11.6. The van der Waals surface area contributed by atoms with Crippen LogP contribution in [-0.4, -0.2) is 33.8 Å². The number of ether oxygens (including phenoxy) is 1. The van der Waals surface area contributed by atoms with E-state index in [-0.39, 0.29) is 17.9 Å². The molecule has 35 heavy (non-hydrogen) atoms. The maximum Gasteiger partial charge on any atom is 0.295 e. The van der Waals surface area contributed by atoms with Gasteiger partial charge in [0.25, 0.3) is 11.7 Å². The van der Waals surface area contributed by atoms with Crippen LogP contribution in [0.4, 0.5) is 0 Å². The van der Waals surface area contributed by atoms with Gasteiger partial charge < -0.3 is 19.7 Å². The lowest BCUT2D eigenvalue weighted by molar-refractivity contribution is -0.140. The smallest absolute Gasteiger partial charge is 0.295 e. The van der Waals surface area contributed by atoms with E-state index in [0.717, 1.165) is 34.0 Å². The largest absolute Gasteiger partial charge is 0.507 e. The maximum absolute atomic E-state index is 13.3. The van der Waals surface area contributed by atoms with Gasteiger partial charge in [-0.3, -0.25) is 9.59 Å². The Morgan fingerprint density at radius 3 is 2.34 bits per heavy atom. The van der Waals surface area contributed by atoms with Crippen LogP contribution in [-0.2, 0) is 22.6 Å². The Kier molecular flexibility index (Phi) is 5.87. The number of carbonyl (C=O) groups excluding carboxylic acids is 2. The summed E-state index contributed by atoms with van der Waals surface area (Å²) in [4.78, 5) is 31.4. The Labute approximate surface area is 203 Å². The SMILES string of the molecule is CCc1ccc(/C(O)=C2\C(=O)C(=O)N(Cc3ccc(OC)cc3)C2c2c[nH]c3ccccc23)cc1. The minimum atomic E-state index is -0.737. The Morgan fingerprint density at radius 2 is 1.66 bits per heavy atom. The number of aliphatic hydroxyl groups excluding tert-OH is 1. The van der Waals surface area contributed by atoms with Crippen LogP contribution in [0.15, 0.2) is 84.6 Å². The second kappa shape index (κ2) is 9.14. The van der Waals surface area contributed by atoms with Gasteiger partial charge in [0.1, 0.15) is 11.5 Å². The number of aryl methyl sites for hydroxylation is 1. The van der Waals surface area contributed by atoms with Crippen LogP contribution in [0.3, 0.4) is 0 Å². The van der Waals surface area contributed by atoms with Crippen molar-refractivity contribution in [1.82, 2.24) is 9.88 Å². The molecule has 1 aromatic heterocycles. The number of fused-ring (bicyclic) bond motifs is 1. The summed E-state index contributed by atoms with van der Waals surface area (Å²) in [7, 11) is 1.59. The number of hydrogen-bond acceptors (Lipinski definition) is 4. The van der Waals surface area contributed by atoms with Crippen molar-refractivity contribution < 1.29 is 19.4 Å². The molecule has 5 rings (SSSR count). The first-order chi connectivity index (χ1) is 17.0. The van der Waals surface area contributed by atoms with Crippen LogP contribution in [0.25, 0.3) is 16.7 Å². The number of benzene rings is 3. The van der Waals surface area contributed by atoms with Crippen molar-refractivity contribution in [2.24, 2.45) is 0 Å². The van der Waals surface area contributed by atoms with Gasteiger partial charge in [0, 0.05) is 34.8 Å². The lowest BCUT2D eigenvalue weighted by Gasteiger charge is -2.25. The normalized spacial score (nSPS) is 17.3. The van der Waals surface area contributed by atoms with E-state index in [0.29, 0.717) is 11.3 Å². The maximum atomic E-state index is 13.3. The van der Waals surface area contributed by atoms with E-state index in [1.807, 2.05) is 66.9 Å². The molecule has 0 bridgehead atoms. The molecule has 1 amide bonds. The summed E-state index contributed by atoms with van der Waals surface area (Å²) < 4.78 is 5.24. The number of H-pyrrole nitrogens is 1. The lowest BCUT2D eigenvalue weighted by Crippen LogP contribution is -2.29. The molecule has 1 atom stereocenters. The van der Waals surface area contributed by atoms with E-state index in [1.54, 1.807) is 19.2 Å². The van der Waals surface area contributed by atoms with Gasteiger partial charge in [-0.2, -0.15) is 0 Å². The molecular formula is C29H26N2O4. The number of nitrogens with one attached hydrogen (secondary N) is 1. The summed E-state index contributed by atoms with van der Waals surface area (Å²) in [6.07, 6.45) is 2.68. The van der Waals surface area contributed by atoms with E-state index >= 15 is 0 Å². The number of carbonyl (C=O) groups is 2. The highest BCUT2D eigenvalue weighted by molar-refractivity contribution is 6.46. The molecule has 0 radical (unpaired) electrons. The zero-order chi connectivity index (χ0) is 24.5. The van der Waals surface area contributed by atoms with Crippen molar-refractivity contribution in [2.45, 2.75) is 25.9 Å². The van der Waals surface area contributed by atoms with Gasteiger partial charge in [0.15, 0.2) is 0 Å².